The van der Waals surface area contributed by atoms with Crippen LogP contribution < -0.4 is 0 Å². The van der Waals surface area contributed by atoms with Gasteiger partial charge in [0.2, 0.25) is 0 Å². The summed E-state index contributed by atoms with van der Waals surface area (Å²) in [6, 6.07) is 5.04. The number of carbonyl (C=O) groups is 1. The Morgan fingerprint density at radius 1 is 1.22 bits per heavy atom. The summed E-state index contributed by atoms with van der Waals surface area (Å²) in [5.41, 5.74) is -0.655. The van der Waals surface area contributed by atoms with Crippen molar-refractivity contribution in [3.05, 3.63) is 35.4 Å². The minimum atomic E-state index is -4.39. The van der Waals surface area contributed by atoms with Crippen LogP contribution in [0.2, 0.25) is 0 Å². The van der Waals surface area contributed by atoms with Crippen molar-refractivity contribution in [2.24, 2.45) is 0 Å². The smallest absolute Gasteiger partial charge is 0.416 e. The fourth-order valence-corrected chi connectivity index (χ4v) is 3.10. The molecule has 0 aliphatic carbocycles. The van der Waals surface area contributed by atoms with Crippen LogP contribution in [0.1, 0.15) is 38.3 Å². The Morgan fingerprint density at radius 3 is 2.52 bits per heavy atom. The second-order valence-corrected chi connectivity index (χ2v) is 8.30. The van der Waals surface area contributed by atoms with Gasteiger partial charge in [-0.25, -0.2) is 4.79 Å². The van der Waals surface area contributed by atoms with Crippen LogP contribution in [-0.4, -0.2) is 52.9 Å². The average Bonchev–Trinajstić information content (AvgIpc) is 2.56. The van der Waals surface area contributed by atoms with Crippen molar-refractivity contribution in [1.29, 1.82) is 0 Å². The lowest BCUT2D eigenvalue weighted by Crippen LogP contribution is -2.46. The molecule has 0 bridgehead atoms. The second kappa shape index (κ2) is 10.8. The monoisotopic (exact) mass is 407 g/mol. The Hall–Kier alpha value is -1.41. The molecule has 0 aromatic heterocycles. The molecule has 4 nitrogen and oxygen atoms in total. The normalized spacial score (nSPS) is 12.1. The van der Waals surface area contributed by atoms with Gasteiger partial charge in [0, 0.05) is 24.3 Å². The van der Waals surface area contributed by atoms with E-state index in [1.807, 2.05) is 20.8 Å². The van der Waals surface area contributed by atoms with Crippen LogP contribution >= 0.6 is 11.8 Å². The van der Waals surface area contributed by atoms with Crippen molar-refractivity contribution in [3.63, 3.8) is 0 Å². The molecule has 8 heteroatoms. The minimum Gasteiger partial charge on any atom is -0.449 e. The molecule has 1 N–H and O–H groups in total. The highest BCUT2D eigenvalue weighted by atomic mass is 32.2. The quantitative estimate of drug-likeness (QED) is 0.608. The van der Waals surface area contributed by atoms with Crippen LogP contribution in [0.15, 0.2) is 24.3 Å². The molecular weight excluding hydrogens is 379 g/mol. The third-order valence-electron chi connectivity index (χ3n) is 3.81. The molecule has 0 saturated carbocycles. The van der Waals surface area contributed by atoms with Gasteiger partial charge in [-0.15, -0.1) is 0 Å². The van der Waals surface area contributed by atoms with Gasteiger partial charge >= 0.3 is 12.3 Å². The lowest BCUT2D eigenvalue weighted by Gasteiger charge is -2.34. The van der Waals surface area contributed by atoms with E-state index in [-0.39, 0.29) is 19.6 Å². The summed E-state index contributed by atoms with van der Waals surface area (Å²) in [7, 11) is 0. The number of benzene rings is 1. The van der Waals surface area contributed by atoms with Gasteiger partial charge in [-0.3, -0.25) is 0 Å². The molecule has 1 amide bonds. The first-order chi connectivity index (χ1) is 12.6. The van der Waals surface area contributed by atoms with Crippen LogP contribution in [0.5, 0.6) is 0 Å². The van der Waals surface area contributed by atoms with Crippen molar-refractivity contribution < 1.29 is 27.8 Å². The van der Waals surface area contributed by atoms with E-state index in [4.69, 9.17) is 9.84 Å². The summed E-state index contributed by atoms with van der Waals surface area (Å²) >= 11 is 1.62. The maximum Gasteiger partial charge on any atom is 0.416 e. The van der Waals surface area contributed by atoms with Crippen LogP contribution in [0, 0.1) is 0 Å². The van der Waals surface area contributed by atoms with Crippen LogP contribution in [0.4, 0.5) is 18.0 Å². The number of carbonyl (C=O) groups excluding carboxylic acids is 1. The highest BCUT2D eigenvalue weighted by molar-refractivity contribution is 7.99. The van der Waals surface area contributed by atoms with Gasteiger partial charge in [0.15, 0.2) is 0 Å². The summed E-state index contributed by atoms with van der Waals surface area (Å²) in [6.07, 6.45) is -3.87. The molecule has 0 saturated heterocycles. The molecule has 0 aliphatic heterocycles. The van der Waals surface area contributed by atoms with Gasteiger partial charge in [-0.05, 0) is 44.6 Å². The van der Waals surface area contributed by atoms with Crippen molar-refractivity contribution in [2.45, 2.75) is 45.3 Å². The number of alkyl halides is 3. The first-order valence-corrected chi connectivity index (χ1v) is 10.0. The fraction of sp³-hybridized carbons (Fsp3) is 0.632. The van der Waals surface area contributed by atoms with E-state index >= 15 is 0 Å². The Bertz CT molecular complexity index is 588. The van der Waals surface area contributed by atoms with E-state index in [0.717, 1.165) is 24.3 Å². The number of nitrogens with zero attached hydrogens (tertiary/aromatic N) is 1. The van der Waals surface area contributed by atoms with Crippen molar-refractivity contribution >= 4 is 17.9 Å². The molecule has 1 aromatic rings. The van der Waals surface area contributed by atoms with E-state index in [1.165, 1.54) is 6.07 Å². The summed E-state index contributed by atoms with van der Waals surface area (Å²) < 4.78 is 43.5. The molecular formula is C19H28F3NO3S. The van der Waals surface area contributed by atoms with Crippen molar-refractivity contribution in [1.82, 2.24) is 4.90 Å². The standard InChI is InChI=1S/C19H28F3NO3S/c1-18(2,3)23(9-5-12-27-13-10-24)17(25)26-11-8-15-6-4-7-16(14-15)19(20,21)22/h4,6-7,14,24H,5,8-13H2,1-3H3. The number of ether oxygens (including phenoxy) is 1. The van der Waals surface area contributed by atoms with Crippen molar-refractivity contribution in [3.8, 4) is 0 Å². The second-order valence-electron chi connectivity index (χ2n) is 7.07. The number of halogens is 3. The molecule has 0 radical (unpaired) electrons. The molecule has 0 unspecified atom stereocenters. The molecule has 1 aromatic carbocycles. The SMILES string of the molecule is CC(C)(C)N(CCCSCCO)C(=O)OCCc1cccc(C(F)(F)F)c1. The van der Waals surface area contributed by atoms with Gasteiger partial charge in [0.1, 0.15) is 0 Å². The molecule has 0 fully saturated rings. The Labute approximate surface area is 163 Å². The Balaban J connectivity index is 2.54. The number of thioether (sulfide) groups is 1. The van der Waals surface area contributed by atoms with E-state index in [1.54, 1.807) is 22.7 Å². The molecule has 0 spiro atoms. The maximum atomic E-state index is 12.7. The Morgan fingerprint density at radius 2 is 1.93 bits per heavy atom. The number of rotatable bonds is 9. The van der Waals surface area contributed by atoms with Crippen molar-refractivity contribution in [2.75, 3.05) is 31.3 Å². The number of aliphatic hydroxyl groups excluding tert-OH is 1. The molecule has 154 valence electrons. The maximum absolute atomic E-state index is 12.7. The lowest BCUT2D eigenvalue weighted by molar-refractivity contribution is -0.137. The molecule has 0 aliphatic rings. The number of amides is 1. The zero-order chi connectivity index (χ0) is 20.5. The predicted octanol–water partition coefficient (Wildman–Crippen LogP) is 4.60. The van der Waals surface area contributed by atoms with E-state index in [0.29, 0.717) is 17.9 Å². The van der Waals surface area contributed by atoms with Gasteiger partial charge in [-0.1, -0.05) is 18.2 Å². The number of hydrogen-bond acceptors (Lipinski definition) is 4. The summed E-state index contributed by atoms with van der Waals surface area (Å²) in [4.78, 5) is 14.0. The highest BCUT2D eigenvalue weighted by Crippen LogP contribution is 2.29. The first-order valence-electron chi connectivity index (χ1n) is 8.85. The number of aliphatic hydroxyl groups is 1. The third kappa shape index (κ3) is 8.88. The zero-order valence-corrected chi connectivity index (χ0v) is 16.8. The third-order valence-corrected chi connectivity index (χ3v) is 4.86. The molecule has 27 heavy (non-hydrogen) atoms. The van der Waals surface area contributed by atoms with Crippen LogP contribution in [0.3, 0.4) is 0 Å². The van der Waals surface area contributed by atoms with Crippen LogP contribution in [-0.2, 0) is 17.3 Å². The first kappa shape index (κ1) is 23.6. The van der Waals surface area contributed by atoms with E-state index < -0.39 is 23.4 Å². The summed E-state index contributed by atoms with van der Waals surface area (Å²) in [5.74, 6) is 1.49. The van der Waals surface area contributed by atoms with E-state index in [9.17, 15) is 18.0 Å². The topological polar surface area (TPSA) is 49.8 Å². The van der Waals surface area contributed by atoms with Gasteiger partial charge in [0.05, 0.1) is 18.8 Å². The molecule has 0 heterocycles. The van der Waals surface area contributed by atoms with Gasteiger partial charge in [0.25, 0.3) is 0 Å². The largest absolute Gasteiger partial charge is 0.449 e. The van der Waals surface area contributed by atoms with Gasteiger partial charge < -0.3 is 14.7 Å². The van der Waals surface area contributed by atoms with E-state index in [2.05, 4.69) is 0 Å². The molecule has 0 atom stereocenters. The number of hydrogen-bond donors (Lipinski definition) is 1. The zero-order valence-electron chi connectivity index (χ0n) is 16.0. The summed E-state index contributed by atoms with van der Waals surface area (Å²) in [5, 5.41) is 8.78. The fourth-order valence-electron chi connectivity index (χ4n) is 2.43. The Kier molecular flexibility index (Phi) is 9.45. The van der Waals surface area contributed by atoms with Crippen LogP contribution in [0.25, 0.3) is 0 Å². The lowest BCUT2D eigenvalue weighted by atomic mass is 10.1. The minimum absolute atomic E-state index is 0.0198. The highest BCUT2D eigenvalue weighted by Gasteiger charge is 2.30. The predicted molar refractivity (Wildman–Crippen MR) is 102 cm³/mol. The van der Waals surface area contributed by atoms with Gasteiger partial charge in [-0.2, -0.15) is 24.9 Å². The average molecular weight is 407 g/mol. The summed E-state index contributed by atoms with van der Waals surface area (Å²) in [6.45, 7) is 6.38. The molecule has 1 rings (SSSR count).